The van der Waals surface area contributed by atoms with Crippen molar-refractivity contribution >= 4 is 47.5 Å². The minimum Gasteiger partial charge on any atom is -0.407 e. The molecule has 5 rings (SSSR count). The molecular formula is C40H52O5SSi2. The summed E-state index contributed by atoms with van der Waals surface area (Å²) in [4.78, 5) is 0. The highest BCUT2D eigenvalue weighted by Crippen LogP contribution is 2.48. The summed E-state index contributed by atoms with van der Waals surface area (Å²) in [5, 5.41) is 4.17. The van der Waals surface area contributed by atoms with E-state index < -0.39 is 32.2 Å². The van der Waals surface area contributed by atoms with E-state index >= 15 is 0 Å². The van der Waals surface area contributed by atoms with E-state index in [1.54, 1.807) is 0 Å². The molecule has 1 saturated carbocycles. The zero-order chi connectivity index (χ0) is 34.7. The average Bonchev–Trinajstić information content (AvgIpc) is 3.43. The summed E-state index contributed by atoms with van der Waals surface area (Å²) in [5.74, 6) is -0.480. The van der Waals surface area contributed by atoms with Gasteiger partial charge in [0.15, 0.2) is 0 Å². The molecule has 0 bridgehead atoms. The molecule has 1 N–H and O–H groups in total. The van der Waals surface area contributed by atoms with E-state index in [-0.39, 0.29) is 28.4 Å². The summed E-state index contributed by atoms with van der Waals surface area (Å²) in [6.45, 7) is 14.1. The molecule has 0 aromatic heterocycles. The van der Waals surface area contributed by atoms with E-state index in [4.69, 9.17) is 8.85 Å². The van der Waals surface area contributed by atoms with Crippen LogP contribution in [0.3, 0.4) is 0 Å². The molecular weight excluding hydrogens is 649 g/mol. The minimum atomic E-state index is -4.33. The van der Waals surface area contributed by atoms with Crippen LogP contribution in [0.4, 0.5) is 0 Å². The van der Waals surface area contributed by atoms with Gasteiger partial charge in [-0.2, -0.15) is 8.42 Å². The first kappa shape index (κ1) is 36.4. The summed E-state index contributed by atoms with van der Waals surface area (Å²) >= 11 is 0. The third-order valence-electron chi connectivity index (χ3n) is 10.5. The molecule has 0 spiro atoms. The van der Waals surface area contributed by atoms with Crippen LogP contribution in [0.5, 0.6) is 0 Å². The van der Waals surface area contributed by atoms with E-state index in [0.717, 1.165) is 23.2 Å². The zero-order valence-corrected chi connectivity index (χ0v) is 32.2. The maximum atomic E-state index is 12.9. The molecule has 48 heavy (non-hydrogen) atoms. The lowest BCUT2D eigenvalue weighted by Gasteiger charge is -2.47. The van der Waals surface area contributed by atoms with Crippen molar-refractivity contribution in [1.82, 2.24) is 0 Å². The van der Waals surface area contributed by atoms with E-state index in [0.29, 0.717) is 13.0 Å². The van der Waals surface area contributed by atoms with Crippen LogP contribution in [0.1, 0.15) is 60.8 Å². The van der Waals surface area contributed by atoms with Crippen molar-refractivity contribution in [1.29, 1.82) is 0 Å². The third-order valence-corrected chi connectivity index (χ3v) is 21.4. The summed E-state index contributed by atoms with van der Waals surface area (Å²) in [5.41, 5.74) is -0.813. The van der Waals surface area contributed by atoms with Gasteiger partial charge in [-0.15, -0.1) is 0 Å². The van der Waals surface area contributed by atoms with Crippen molar-refractivity contribution in [2.75, 3.05) is 19.0 Å². The number of hydrogen-bond acceptors (Lipinski definition) is 4. The largest absolute Gasteiger partial charge is 0.407 e. The number of benzene rings is 4. The maximum absolute atomic E-state index is 12.9. The Labute approximate surface area is 290 Å². The van der Waals surface area contributed by atoms with Gasteiger partial charge in [0.25, 0.3) is 26.8 Å². The van der Waals surface area contributed by atoms with E-state index in [2.05, 4.69) is 139 Å². The Balaban J connectivity index is 1.59. The Kier molecular flexibility index (Phi) is 10.8. The van der Waals surface area contributed by atoms with Crippen molar-refractivity contribution in [2.45, 2.75) is 70.9 Å². The van der Waals surface area contributed by atoms with Gasteiger partial charge in [-0.3, -0.25) is 4.55 Å². The first-order valence-corrected chi connectivity index (χ1v) is 22.5. The van der Waals surface area contributed by atoms with Gasteiger partial charge in [-0.05, 0) is 49.6 Å². The van der Waals surface area contributed by atoms with Gasteiger partial charge in [-0.1, -0.05) is 169 Å². The maximum Gasteiger partial charge on any atom is 0.265 e. The minimum absolute atomic E-state index is 0.126. The molecule has 0 radical (unpaired) electrons. The van der Waals surface area contributed by atoms with Crippen LogP contribution >= 0.6 is 0 Å². The van der Waals surface area contributed by atoms with Crippen LogP contribution in [0.2, 0.25) is 10.1 Å². The lowest BCUT2D eigenvalue weighted by Crippen LogP contribution is -2.68. The second-order valence-electron chi connectivity index (χ2n) is 15.6. The van der Waals surface area contributed by atoms with E-state index in [9.17, 15) is 13.0 Å². The number of hydrogen-bond donors (Lipinski definition) is 1. The SMILES string of the molecule is CC(C)(C)[Si](OCC1CCCC1(CO[Si](c1ccccc1)(c1ccccc1)C(C)(C)C)CS(=O)(=O)O)(c1ccccc1)c1ccccc1. The zero-order valence-electron chi connectivity index (χ0n) is 29.4. The molecule has 0 saturated heterocycles. The lowest BCUT2D eigenvalue weighted by molar-refractivity contribution is 0.0780. The standard InChI is InChI=1S/C40H52O5SSi2/c1-38(2,3)47(34-21-11-7-12-22-34,35-23-13-8-14-24-35)44-30-33-20-19-29-40(33,32-46(41,42)43)31-45-48(39(4,5)6,36-25-15-9-16-26-36)37-27-17-10-18-28-37/h7-18,21-28,33H,19-20,29-32H2,1-6H3,(H,41,42,43). The normalized spacial score (nSPS) is 19.4. The molecule has 4 aromatic rings. The predicted octanol–water partition coefficient (Wildman–Crippen LogP) is 6.81. The van der Waals surface area contributed by atoms with E-state index in [1.807, 2.05) is 24.3 Å². The average molecular weight is 701 g/mol. The molecule has 8 heteroatoms. The molecule has 256 valence electrons. The van der Waals surface area contributed by atoms with Crippen molar-refractivity contribution in [2.24, 2.45) is 11.3 Å². The van der Waals surface area contributed by atoms with Crippen molar-refractivity contribution in [3.05, 3.63) is 121 Å². The van der Waals surface area contributed by atoms with E-state index in [1.165, 1.54) is 10.4 Å². The predicted molar refractivity (Wildman–Crippen MR) is 203 cm³/mol. The monoisotopic (exact) mass is 700 g/mol. The second kappa shape index (κ2) is 14.2. The molecule has 2 unspecified atom stereocenters. The second-order valence-corrected chi connectivity index (χ2v) is 25.7. The van der Waals surface area contributed by atoms with Crippen LogP contribution in [0.15, 0.2) is 121 Å². The van der Waals surface area contributed by atoms with Crippen LogP contribution in [-0.2, 0) is 19.0 Å². The van der Waals surface area contributed by atoms with Gasteiger partial charge in [0, 0.05) is 18.6 Å². The molecule has 4 aromatic carbocycles. The summed E-state index contributed by atoms with van der Waals surface area (Å²) in [6, 6.07) is 41.9. The Hall–Kier alpha value is -2.86. The highest BCUT2D eigenvalue weighted by atomic mass is 32.2. The fourth-order valence-corrected chi connectivity index (χ4v) is 18.7. The Morgan fingerprint density at radius 3 is 1.33 bits per heavy atom. The quantitative estimate of drug-likeness (QED) is 0.130. The molecule has 1 fully saturated rings. The topological polar surface area (TPSA) is 72.8 Å². The van der Waals surface area contributed by atoms with Crippen LogP contribution in [-0.4, -0.2) is 48.6 Å². The van der Waals surface area contributed by atoms with Gasteiger partial charge in [0.2, 0.25) is 0 Å². The third kappa shape index (κ3) is 7.20. The van der Waals surface area contributed by atoms with Crippen molar-refractivity contribution in [3.63, 3.8) is 0 Å². The number of rotatable bonds is 12. The van der Waals surface area contributed by atoms with Gasteiger partial charge in [0.05, 0.1) is 5.75 Å². The Morgan fingerprint density at radius 1 is 0.646 bits per heavy atom. The van der Waals surface area contributed by atoms with Crippen LogP contribution < -0.4 is 20.7 Å². The highest BCUT2D eigenvalue weighted by molar-refractivity contribution is 7.85. The fraction of sp³-hybridized carbons (Fsp3) is 0.400. The first-order valence-electron chi connectivity index (χ1n) is 17.1. The molecule has 5 nitrogen and oxygen atoms in total. The van der Waals surface area contributed by atoms with Crippen LogP contribution in [0.25, 0.3) is 0 Å². The Bertz CT molecular complexity index is 1640. The van der Waals surface area contributed by atoms with Crippen LogP contribution in [0, 0.1) is 11.3 Å². The first-order chi connectivity index (χ1) is 22.6. The van der Waals surface area contributed by atoms with Gasteiger partial charge < -0.3 is 8.85 Å². The lowest BCUT2D eigenvalue weighted by atomic mass is 9.81. The summed E-state index contributed by atoms with van der Waals surface area (Å²) in [6.07, 6.45) is 2.28. The molecule has 1 aliphatic carbocycles. The Morgan fingerprint density at radius 2 is 1.00 bits per heavy atom. The smallest absolute Gasteiger partial charge is 0.265 e. The molecule has 0 aliphatic heterocycles. The summed E-state index contributed by atoms with van der Waals surface area (Å²) < 4.78 is 51.1. The van der Waals surface area contributed by atoms with Crippen molar-refractivity contribution in [3.8, 4) is 0 Å². The van der Waals surface area contributed by atoms with Gasteiger partial charge >= 0.3 is 0 Å². The molecule has 0 amide bonds. The van der Waals surface area contributed by atoms with Gasteiger partial charge in [0.1, 0.15) is 0 Å². The van der Waals surface area contributed by atoms with Gasteiger partial charge in [-0.25, -0.2) is 0 Å². The molecule has 1 aliphatic rings. The molecule has 0 heterocycles. The fourth-order valence-electron chi connectivity index (χ4n) is 8.26. The highest BCUT2D eigenvalue weighted by Gasteiger charge is 2.55. The van der Waals surface area contributed by atoms with Crippen molar-refractivity contribution < 1.29 is 21.8 Å². The molecule has 2 atom stereocenters. The summed E-state index contributed by atoms with van der Waals surface area (Å²) in [7, 11) is -10.2.